The number of aromatic nitrogens is 3. The topological polar surface area (TPSA) is 107 Å². The molecular weight excluding hydrogens is 334 g/mol. The number of anilines is 1. The average molecular weight is 351 g/mol. The van der Waals surface area contributed by atoms with Crippen LogP contribution in [-0.4, -0.2) is 48.1 Å². The van der Waals surface area contributed by atoms with Gasteiger partial charge in [-0.1, -0.05) is 5.10 Å². The number of nitrogens with one attached hydrogen (secondary N) is 2. The molecule has 0 aliphatic carbocycles. The van der Waals surface area contributed by atoms with E-state index in [-0.39, 0.29) is 18.2 Å². The molecule has 0 radical (unpaired) electrons. The Hall–Kier alpha value is -2.46. The van der Waals surface area contributed by atoms with E-state index in [2.05, 4.69) is 25.8 Å². The monoisotopic (exact) mass is 351 g/mol. The van der Waals surface area contributed by atoms with Crippen LogP contribution in [-0.2, 0) is 4.74 Å². The molecule has 1 fully saturated rings. The maximum atomic E-state index is 12.1. The number of carbonyl (C=O) groups excluding carboxylic acids is 1. The summed E-state index contributed by atoms with van der Waals surface area (Å²) >= 11 is 1.15. The molecule has 2 aromatic heterocycles. The summed E-state index contributed by atoms with van der Waals surface area (Å²) in [4.78, 5) is 16.3. The second-order valence-corrected chi connectivity index (χ2v) is 5.94. The first kappa shape index (κ1) is 16.4. The Balaban J connectivity index is 1.61. The van der Waals surface area contributed by atoms with Gasteiger partial charge in [-0.05, 0) is 23.8 Å². The minimum Gasteiger partial charge on any atom is -0.481 e. The maximum Gasteiger partial charge on any atom is 0.321 e. The zero-order chi connectivity index (χ0) is 16.9. The van der Waals surface area contributed by atoms with Crippen LogP contribution in [0.1, 0.15) is 18.1 Å². The molecule has 2 atom stereocenters. The van der Waals surface area contributed by atoms with Crippen LogP contribution in [0.3, 0.4) is 0 Å². The third-order valence-electron chi connectivity index (χ3n) is 3.51. The normalized spacial score (nSPS) is 19.8. The number of carbonyl (C=O) groups is 1. The maximum absolute atomic E-state index is 12.1. The Kier molecular flexibility index (Phi) is 5.06. The Bertz CT molecular complexity index is 693. The highest BCUT2D eigenvalue weighted by Gasteiger charge is 2.31. The third-order valence-corrected chi connectivity index (χ3v) is 4.31. The lowest BCUT2D eigenvalue weighted by Crippen LogP contribution is -2.39. The molecule has 10 heteroatoms. The van der Waals surface area contributed by atoms with E-state index < -0.39 is 0 Å². The number of nitrogens with zero attached hydrogens (tertiary/aromatic N) is 3. The van der Waals surface area contributed by atoms with Gasteiger partial charge in [-0.2, -0.15) is 0 Å². The van der Waals surface area contributed by atoms with Gasteiger partial charge in [0.05, 0.1) is 20.3 Å². The fourth-order valence-corrected chi connectivity index (χ4v) is 2.95. The van der Waals surface area contributed by atoms with Crippen molar-refractivity contribution < 1.29 is 19.0 Å². The van der Waals surface area contributed by atoms with Gasteiger partial charge in [0.1, 0.15) is 6.10 Å². The first-order valence-electron chi connectivity index (χ1n) is 7.26. The van der Waals surface area contributed by atoms with E-state index in [1.807, 2.05) is 6.07 Å². The van der Waals surface area contributed by atoms with Crippen LogP contribution in [0.15, 0.2) is 18.3 Å². The van der Waals surface area contributed by atoms with Crippen LogP contribution < -0.4 is 20.1 Å². The van der Waals surface area contributed by atoms with Crippen LogP contribution in [0, 0.1) is 0 Å². The second kappa shape index (κ2) is 7.41. The summed E-state index contributed by atoms with van der Waals surface area (Å²) in [5.74, 6) is 0.532. The van der Waals surface area contributed by atoms with Crippen molar-refractivity contribution in [1.29, 1.82) is 0 Å². The molecule has 0 aromatic carbocycles. The van der Waals surface area contributed by atoms with Gasteiger partial charge in [0.15, 0.2) is 0 Å². The molecule has 3 rings (SSSR count). The van der Waals surface area contributed by atoms with Gasteiger partial charge in [0.25, 0.3) is 5.19 Å². The highest BCUT2D eigenvalue weighted by atomic mass is 32.1. The fraction of sp³-hybridized carbons (Fsp3) is 0.429. The van der Waals surface area contributed by atoms with E-state index >= 15 is 0 Å². The van der Waals surface area contributed by atoms with E-state index in [0.29, 0.717) is 29.2 Å². The fourth-order valence-electron chi connectivity index (χ4n) is 2.39. The highest BCUT2D eigenvalue weighted by Crippen LogP contribution is 2.29. The van der Waals surface area contributed by atoms with E-state index in [4.69, 9.17) is 14.2 Å². The molecule has 1 saturated heterocycles. The van der Waals surface area contributed by atoms with Gasteiger partial charge >= 0.3 is 6.03 Å². The summed E-state index contributed by atoms with van der Waals surface area (Å²) in [6.45, 7) is 0.564. The molecule has 1 aliphatic heterocycles. The molecule has 9 nitrogen and oxygen atoms in total. The second-order valence-electron chi connectivity index (χ2n) is 5.00. The van der Waals surface area contributed by atoms with Crippen molar-refractivity contribution in [3.8, 4) is 11.1 Å². The van der Waals surface area contributed by atoms with Crippen LogP contribution in [0.25, 0.3) is 0 Å². The molecule has 2 aromatic rings. The Morgan fingerprint density at radius 3 is 2.88 bits per heavy atom. The first-order chi connectivity index (χ1) is 11.7. The number of rotatable bonds is 5. The van der Waals surface area contributed by atoms with Crippen molar-refractivity contribution in [3.63, 3.8) is 0 Å². The summed E-state index contributed by atoms with van der Waals surface area (Å²) in [5, 5.41) is 13.9. The molecule has 2 N–H and O–H groups in total. The Morgan fingerprint density at radius 1 is 1.33 bits per heavy atom. The Morgan fingerprint density at radius 2 is 2.21 bits per heavy atom. The van der Waals surface area contributed by atoms with E-state index in [1.54, 1.807) is 19.4 Å². The summed E-state index contributed by atoms with van der Waals surface area (Å²) < 4.78 is 15.7. The lowest BCUT2D eigenvalue weighted by atomic mass is 10.0. The molecule has 3 heterocycles. The van der Waals surface area contributed by atoms with Crippen LogP contribution in [0.4, 0.5) is 9.93 Å². The highest BCUT2D eigenvalue weighted by molar-refractivity contribution is 7.17. The van der Waals surface area contributed by atoms with E-state index in [0.717, 1.165) is 16.9 Å². The number of methoxy groups -OCH3 is 2. The van der Waals surface area contributed by atoms with Gasteiger partial charge in [0.2, 0.25) is 11.0 Å². The van der Waals surface area contributed by atoms with Crippen LogP contribution in [0.2, 0.25) is 0 Å². The summed E-state index contributed by atoms with van der Waals surface area (Å²) in [6.07, 6.45) is 2.15. The minimum atomic E-state index is -0.365. The van der Waals surface area contributed by atoms with Gasteiger partial charge in [-0.15, -0.1) is 5.10 Å². The van der Waals surface area contributed by atoms with Gasteiger partial charge in [-0.25, -0.2) is 9.78 Å². The van der Waals surface area contributed by atoms with Crippen molar-refractivity contribution in [3.05, 3.63) is 23.9 Å². The Labute approximate surface area is 142 Å². The van der Waals surface area contributed by atoms with Crippen molar-refractivity contribution in [2.45, 2.75) is 18.6 Å². The molecule has 24 heavy (non-hydrogen) atoms. The number of hydrogen-bond donors (Lipinski definition) is 2. The summed E-state index contributed by atoms with van der Waals surface area (Å²) in [5.41, 5.74) is 0.885. The minimum absolute atomic E-state index is 0.157. The van der Waals surface area contributed by atoms with Crippen LogP contribution >= 0.6 is 11.3 Å². The quantitative estimate of drug-likeness (QED) is 0.842. The molecule has 1 aliphatic rings. The largest absolute Gasteiger partial charge is 0.481 e. The SMILES string of the molecule is COc1ccc([C@@H]2OCC[C@H]2NC(=O)Nc2nnc(OC)s2)cn1. The number of pyridine rings is 1. The van der Waals surface area contributed by atoms with Gasteiger partial charge in [-0.3, -0.25) is 5.32 Å². The van der Waals surface area contributed by atoms with Crippen molar-refractivity contribution in [1.82, 2.24) is 20.5 Å². The van der Waals surface area contributed by atoms with E-state index in [9.17, 15) is 4.79 Å². The van der Waals surface area contributed by atoms with Crippen molar-refractivity contribution >= 4 is 22.5 Å². The lowest BCUT2D eigenvalue weighted by Gasteiger charge is -2.20. The first-order valence-corrected chi connectivity index (χ1v) is 8.08. The molecule has 128 valence electrons. The zero-order valence-electron chi connectivity index (χ0n) is 13.2. The van der Waals surface area contributed by atoms with Gasteiger partial charge in [0, 0.05) is 24.4 Å². The average Bonchev–Trinajstić information content (AvgIpc) is 3.24. The summed E-state index contributed by atoms with van der Waals surface area (Å²) in [7, 11) is 3.05. The molecule has 0 unspecified atom stereocenters. The van der Waals surface area contributed by atoms with E-state index in [1.165, 1.54) is 7.11 Å². The van der Waals surface area contributed by atoms with Crippen LogP contribution in [0.5, 0.6) is 11.1 Å². The lowest BCUT2D eigenvalue weighted by molar-refractivity contribution is 0.100. The molecule has 0 saturated carbocycles. The van der Waals surface area contributed by atoms with Gasteiger partial charge < -0.3 is 19.5 Å². The smallest absolute Gasteiger partial charge is 0.321 e. The predicted octanol–water partition coefficient (Wildman–Crippen LogP) is 1.60. The number of hydrogen-bond acceptors (Lipinski definition) is 8. The third kappa shape index (κ3) is 3.71. The number of urea groups is 1. The number of amides is 2. The molecule has 0 bridgehead atoms. The molecule has 0 spiro atoms. The number of ether oxygens (including phenoxy) is 3. The molecule has 2 amide bonds. The summed E-state index contributed by atoms with van der Waals surface area (Å²) in [6, 6.07) is 3.12. The molecular formula is C14H17N5O4S. The van der Waals surface area contributed by atoms with Crippen molar-refractivity contribution in [2.75, 3.05) is 26.1 Å². The van der Waals surface area contributed by atoms with Crippen molar-refractivity contribution in [2.24, 2.45) is 0 Å². The predicted molar refractivity (Wildman–Crippen MR) is 86.5 cm³/mol. The standard InChI is InChI=1S/C14H17N5O4S/c1-21-10-4-3-8(7-15-10)11-9(5-6-23-11)16-12(20)17-13-18-19-14(22-2)24-13/h3-4,7,9,11H,5-6H2,1-2H3,(H2,16,17,18,20)/t9-,11+/m1/s1. The zero-order valence-corrected chi connectivity index (χ0v) is 14.0.